The van der Waals surface area contributed by atoms with Gasteiger partial charge < -0.3 is 5.32 Å². The predicted octanol–water partition coefficient (Wildman–Crippen LogP) is 1.43. The Balaban J connectivity index is 1.54. The Morgan fingerprint density at radius 2 is 2.04 bits per heavy atom. The van der Waals surface area contributed by atoms with Crippen molar-refractivity contribution in [3.63, 3.8) is 0 Å². The van der Waals surface area contributed by atoms with Crippen molar-refractivity contribution in [3.05, 3.63) is 28.1 Å². The van der Waals surface area contributed by atoms with Crippen LogP contribution in [-0.4, -0.2) is 38.6 Å². The lowest BCUT2D eigenvalue weighted by molar-refractivity contribution is -0.131. The lowest BCUT2D eigenvalue weighted by Gasteiger charge is -2.20. The van der Waals surface area contributed by atoms with Gasteiger partial charge in [-0.15, -0.1) is 11.3 Å². The largest absolute Gasteiger partial charge is 0.441 e. The Hall–Kier alpha value is -2.42. The maximum atomic E-state index is 12.6. The van der Waals surface area contributed by atoms with E-state index >= 15 is 0 Å². The fraction of sp³-hybridized carbons (Fsp3) is 0.467. The molecule has 8 nitrogen and oxygen atoms in total. The number of hydrogen-bond acceptors (Lipinski definition) is 6. The minimum Gasteiger partial charge on any atom is -0.323 e. The van der Waals surface area contributed by atoms with Gasteiger partial charge in [-0.05, 0) is 24.3 Å². The van der Waals surface area contributed by atoms with Gasteiger partial charge in [0.25, 0.3) is 5.91 Å². The van der Waals surface area contributed by atoms with E-state index in [4.69, 9.17) is 4.52 Å². The number of nitrogens with zero attached hydrogens (tertiary/aromatic N) is 3. The smallest absolute Gasteiger partial charge is 0.323 e. The molecule has 3 heterocycles. The summed E-state index contributed by atoms with van der Waals surface area (Å²) < 4.78 is 6.09. The standard InChI is InChI=1S/C15H16N4O4S/c20-12-15(5-1-2-6-15)16-13(21)19(12)8-7-18-11(17-23-14(18)22)10-4-3-9-24-10/h3-4,9H,1-2,5-8H2,(H,16,21). The van der Waals surface area contributed by atoms with Gasteiger partial charge in [0, 0.05) is 13.1 Å². The molecule has 126 valence electrons. The number of thiophene rings is 1. The third-order valence-electron chi connectivity index (χ3n) is 4.68. The van der Waals surface area contributed by atoms with Gasteiger partial charge in [0.1, 0.15) is 5.54 Å². The summed E-state index contributed by atoms with van der Waals surface area (Å²) in [5.41, 5.74) is -0.729. The van der Waals surface area contributed by atoms with Crippen molar-refractivity contribution in [1.29, 1.82) is 0 Å². The number of hydrogen-bond donors (Lipinski definition) is 1. The zero-order chi connectivity index (χ0) is 16.7. The molecular weight excluding hydrogens is 332 g/mol. The summed E-state index contributed by atoms with van der Waals surface area (Å²) in [4.78, 5) is 38.7. The van der Waals surface area contributed by atoms with Crippen LogP contribution in [0.1, 0.15) is 25.7 Å². The SMILES string of the molecule is O=C1NC2(CCCC2)C(=O)N1CCn1c(-c2cccs2)noc1=O. The number of carbonyl (C=O) groups excluding carboxylic acids is 2. The molecule has 3 amide bonds. The molecule has 2 aromatic rings. The molecule has 0 bridgehead atoms. The van der Waals surface area contributed by atoms with Gasteiger partial charge in [-0.1, -0.05) is 24.1 Å². The minimum atomic E-state index is -0.729. The molecule has 4 rings (SSSR count). The summed E-state index contributed by atoms with van der Waals surface area (Å²) in [5.74, 6) is -0.370. The van der Waals surface area contributed by atoms with Crippen LogP contribution in [0.3, 0.4) is 0 Å². The van der Waals surface area contributed by atoms with Crippen LogP contribution in [-0.2, 0) is 11.3 Å². The summed E-state index contributed by atoms with van der Waals surface area (Å²) in [6.07, 6.45) is 3.24. The number of urea groups is 1. The second kappa shape index (κ2) is 5.59. The van der Waals surface area contributed by atoms with Gasteiger partial charge in [-0.25, -0.2) is 9.59 Å². The first-order valence-corrected chi connectivity index (χ1v) is 8.73. The second-order valence-electron chi connectivity index (χ2n) is 6.08. The Labute approximate surface area is 141 Å². The number of nitrogens with one attached hydrogen (secondary N) is 1. The fourth-order valence-electron chi connectivity index (χ4n) is 3.45. The second-order valence-corrected chi connectivity index (χ2v) is 7.02. The zero-order valence-electron chi connectivity index (χ0n) is 12.9. The maximum absolute atomic E-state index is 12.6. The quantitative estimate of drug-likeness (QED) is 0.843. The van der Waals surface area contributed by atoms with Crippen LogP contribution < -0.4 is 11.1 Å². The van der Waals surface area contributed by atoms with Crippen molar-refractivity contribution in [2.75, 3.05) is 6.54 Å². The van der Waals surface area contributed by atoms with E-state index in [1.165, 1.54) is 20.8 Å². The van der Waals surface area contributed by atoms with Gasteiger partial charge in [0.05, 0.1) is 4.88 Å². The van der Waals surface area contributed by atoms with E-state index in [9.17, 15) is 14.4 Å². The van der Waals surface area contributed by atoms with Crippen LogP contribution in [0.2, 0.25) is 0 Å². The van der Waals surface area contributed by atoms with Gasteiger partial charge in [-0.2, -0.15) is 0 Å². The van der Waals surface area contributed by atoms with Crippen LogP contribution >= 0.6 is 11.3 Å². The molecule has 0 aromatic carbocycles. The molecular formula is C15H16N4O4S. The van der Waals surface area contributed by atoms with Gasteiger partial charge in [0.15, 0.2) is 5.82 Å². The van der Waals surface area contributed by atoms with Crippen LogP contribution in [0, 0.1) is 0 Å². The summed E-state index contributed by atoms with van der Waals surface area (Å²) in [6.45, 7) is 0.275. The summed E-state index contributed by atoms with van der Waals surface area (Å²) in [5, 5.41) is 8.50. The lowest BCUT2D eigenvalue weighted by atomic mass is 9.98. The Bertz CT molecular complexity index is 832. The number of amides is 3. The molecule has 9 heteroatoms. The molecule has 2 fully saturated rings. The molecule has 1 saturated carbocycles. The molecule has 1 aliphatic heterocycles. The molecule has 0 unspecified atom stereocenters. The van der Waals surface area contributed by atoms with Gasteiger partial charge >= 0.3 is 11.8 Å². The van der Waals surface area contributed by atoms with Crippen molar-refractivity contribution in [3.8, 4) is 10.7 Å². The third-order valence-corrected chi connectivity index (χ3v) is 5.54. The molecule has 24 heavy (non-hydrogen) atoms. The fourth-order valence-corrected chi connectivity index (χ4v) is 4.16. The average molecular weight is 348 g/mol. The summed E-state index contributed by atoms with van der Waals surface area (Å²) in [7, 11) is 0. The van der Waals surface area contributed by atoms with Crippen molar-refractivity contribution >= 4 is 23.3 Å². The minimum absolute atomic E-state index is 0.117. The highest BCUT2D eigenvalue weighted by Gasteiger charge is 2.52. The van der Waals surface area contributed by atoms with E-state index in [-0.39, 0.29) is 25.0 Å². The molecule has 0 atom stereocenters. The molecule has 1 saturated heterocycles. The van der Waals surface area contributed by atoms with Gasteiger partial charge in [0.2, 0.25) is 0 Å². The highest BCUT2D eigenvalue weighted by Crippen LogP contribution is 2.35. The molecule has 2 aromatic heterocycles. The molecule has 1 N–H and O–H groups in total. The van der Waals surface area contributed by atoms with E-state index in [0.29, 0.717) is 18.7 Å². The van der Waals surface area contributed by atoms with E-state index in [1.54, 1.807) is 0 Å². The zero-order valence-corrected chi connectivity index (χ0v) is 13.7. The number of rotatable bonds is 4. The number of aromatic nitrogens is 2. The highest BCUT2D eigenvalue weighted by molar-refractivity contribution is 7.13. The van der Waals surface area contributed by atoms with Crippen molar-refractivity contribution in [2.45, 2.75) is 37.8 Å². The van der Waals surface area contributed by atoms with Crippen molar-refractivity contribution in [2.24, 2.45) is 0 Å². The normalized spacial score (nSPS) is 19.4. The third kappa shape index (κ3) is 2.27. The highest BCUT2D eigenvalue weighted by atomic mass is 32.1. The number of imide groups is 1. The molecule has 1 aliphatic carbocycles. The summed E-state index contributed by atoms with van der Waals surface area (Å²) in [6, 6.07) is 3.30. The van der Waals surface area contributed by atoms with Gasteiger partial charge in [-0.3, -0.25) is 18.8 Å². The molecule has 2 aliphatic rings. The molecule has 0 radical (unpaired) electrons. The Morgan fingerprint density at radius 1 is 1.25 bits per heavy atom. The van der Waals surface area contributed by atoms with Crippen molar-refractivity contribution in [1.82, 2.24) is 19.9 Å². The Morgan fingerprint density at radius 3 is 2.75 bits per heavy atom. The lowest BCUT2D eigenvalue weighted by Crippen LogP contribution is -2.44. The predicted molar refractivity (Wildman–Crippen MR) is 85.5 cm³/mol. The molecule has 1 spiro atoms. The van der Waals surface area contributed by atoms with Crippen LogP contribution in [0.15, 0.2) is 26.8 Å². The summed E-state index contributed by atoms with van der Waals surface area (Å²) >= 11 is 1.44. The van der Waals surface area contributed by atoms with Crippen LogP contribution in [0.4, 0.5) is 4.79 Å². The van der Waals surface area contributed by atoms with E-state index in [2.05, 4.69) is 10.5 Å². The topological polar surface area (TPSA) is 97.4 Å². The van der Waals surface area contributed by atoms with Crippen molar-refractivity contribution < 1.29 is 14.1 Å². The first-order chi connectivity index (χ1) is 11.6. The van der Waals surface area contributed by atoms with Crippen LogP contribution in [0.5, 0.6) is 0 Å². The maximum Gasteiger partial charge on any atom is 0.441 e. The first kappa shape index (κ1) is 15.1. The van der Waals surface area contributed by atoms with E-state index < -0.39 is 11.3 Å². The Kier molecular flexibility index (Phi) is 3.52. The first-order valence-electron chi connectivity index (χ1n) is 7.85. The van der Waals surface area contributed by atoms with Crippen LogP contribution in [0.25, 0.3) is 10.7 Å². The van der Waals surface area contributed by atoms with E-state index in [1.807, 2.05) is 17.5 Å². The monoisotopic (exact) mass is 348 g/mol. The van der Waals surface area contributed by atoms with E-state index in [0.717, 1.165) is 17.7 Å². The number of carbonyl (C=O) groups is 2. The average Bonchev–Trinajstić information content (AvgIpc) is 3.31.